The Labute approximate surface area is 150 Å². The van der Waals surface area contributed by atoms with Crippen molar-refractivity contribution < 1.29 is 14.3 Å². The van der Waals surface area contributed by atoms with Crippen LogP contribution in [0.5, 0.6) is 5.75 Å². The lowest BCUT2D eigenvalue weighted by atomic mass is 10.2. The number of nitrogens with one attached hydrogen (secondary N) is 1. The van der Waals surface area contributed by atoms with Gasteiger partial charge >= 0.3 is 0 Å². The van der Waals surface area contributed by atoms with Gasteiger partial charge in [-0.25, -0.2) is 0 Å². The molecular weight excluding hydrogens is 340 g/mol. The summed E-state index contributed by atoms with van der Waals surface area (Å²) in [5, 5.41) is 4.21. The smallest absolute Gasteiger partial charge is 0.231 e. The van der Waals surface area contributed by atoms with Gasteiger partial charge < -0.3 is 10.1 Å². The fraction of sp³-hybridized carbons (Fsp3) is 0.158. The lowest BCUT2D eigenvalue weighted by Crippen LogP contribution is -2.16. The van der Waals surface area contributed by atoms with Gasteiger partial charge in [-0.05, 0) is 30.3 Å². The van der Waals surface area contributed by atoms with Crippen LogP contribution in [0.25, 0.3) is 10.9 Å². The Morgan fingerprint density at radius 2 is 1.92 bits per heavy atom. The predicted octanol–water partition coefficient (Wildman–Crippen LogP) is 4.36. The van der Waals surface area contributed by atoms with Crippen LogP contribution in [-0.4, -0.2) is 23.5 Å². The summed E-state index contributed by atoms with van der Waals surface area (Å²) >= 11 is 5.94. The number of halogens is 1. The van der Waals surface area contributed by atoms with Crippen molar-refractivity contribution >= 4 is 40.0 Å². The van der Waals surface area contributed by atoms with E-state index in [0.717, 1.165) is 10.9 Å². The van der Waals surface area contributed by atoms with E-state index in [2.05, 4.69) is 5.32 Å². The Morgan fingerprint density at radius 1 is 1.12 bits per heavy atom. The second-order valence-electron chi connectivity index (χ2n) is 5.53. The maximum atomic E-state index is 12.4. The van der Waals surface area contributed by atoms with Gasteiger partial charge in [-0.2, -0.15) is 0 Å². The van der Waals surface area contributed by atoms with Crippen molar-refractivity contribution in [1.29, 1.82) is 0 Å². The molecular formula is C19H17ClN2O3. The quantitative estimate of drug-likeness (QED) is 0.738. The van der Waals surface area contributed by atoms with Crippen LogP contribution in [-0.2, 0) is 4.79 Å². The van der Waals surface area contributed by atoms with Gasteiger partial charge in [0.1, 0.15) is 5.75 Å². The van der Waals surface area contributed by atoms with Gasteiger partial charge in [-0.15, -0.1) is 0 Å². The van der Waals surface area contributed by atoms with Crippen LogP contribution in [0.3, 0.4) is 0 Å². The number of methoxy groups -OCH3 is 1. The summed E-state index contributed by atoms with van der Waals surface area (Å²) < 4.78 is 6.76. The number of hydrogen-bond acceptors (Lipinski definition) is 3. The van der Waals surface area contributed by atoms with Crippen LogP contribution in [0.15, 0.2) is 54.7 Å². The number of carbonyl (C=O) groups excluding carboxylic acids is 2. The Balaban J connectivity index is 1.64. The topological polar surface area (TPSA) is 60.3 Å². The normalized spacial score (nSPS) is 10.6. The highest BCUT2D eigenvalue weighted by molar-refractivity contribution is 6.31. The molecule has 0 aliphatic rings. The van der Waals surface area contributed by atoms with E-state index in [4.69, 9.17) is 16.3 Å². The van der Waals surface area contributed by atoms with Crippen LogP contribution >= 0.6 is 11.6 Å². The number of benzene rings is 2. The molecule has 5 nitrogen and oxygen atoms in total. The Kier molecular flexibility index (Phi) is 5.05. The van der Waals surface area contributed by atoms with Gasteiger partial charge in [0.2, 0.25) is 11.8 Å². The summed E-state index contributed by atoms with van der Waals surface area (Å²) in [6.07, 6.45) is 1.90. The fourth-order valence-corrected chi connectivity index (χ4v) is 2.80. The van der Waals surface area contributed by atoms with Crippen LogP contribution in [0, 0.1) is 0 Å². The third-order valence-corrected chi connectivity index (χ3v) is 4.10. The van der Waals surface area contributed by atoms with Gasteiger partial charge in [0.25, 0.3) is 0 Å². The highest BCUT2D eigenvalue weighted by atomic mass is 35.5. The van der Waals surface area contributed by atoms with Crippen molar-refractivity contribution in [3.8, 4) is 5.75 Å². The number of amides is 1. The average molecular weight is 357 g/mol. The molecule has 1 aromatic heterocycles. The van der Waals surface area contributed by atoms with Gasteiger partial charge in [-0.3, -0.25) is 14.2 Å². The molecule has 0 aliphatic heterocycles. The van der Waals surface area contributed by atoms with Gasteiger partial charge in [0.15, 0.2) is 0 Å². The van der Waals surface area contributed by atoms with E-state index in [0.29, 0.717) is 16.5 Å². The van der Waals surface area contributed by atoms with Gasteiger partial charge in [0, 0.05) is 29.4 Å². The average Bonchev–Trinajstić information content (AvgIpc) is 3.04. The fourth-order valence-electron chi connectivity index (χ4n) is 2.63. The summed E-state index contributed by atoms with van der Waals surface area (Å²) in [6, 6.07) is 14.5. The zero-order chi connectivity index (χ0) is 17.8. The van der Waals surface area contributed by atoms with E-state index in [1.54, 1.807) is 29.0 Å². The van der Waals surface area contributed by atoms with Crippen molar-refractivity contribution in [2.75, 3.05) is 12.4 Å². The monoisotopic (exact) mass is 356 g/mol. The Morgan fingerprint density at radius 3 is 2.72 bits per heavy atom. The van der Waals surface area contributed by atoms with Crippen LogP contribution in [0.1, 0.15) is 17.6 Å². The minimum absolute atomic E-state index is 0.0704. The zero-order valence-electron chi connectivity index (χ0n) is 13.7. The molecule has 2 aromatic carbocycles. The minimum Gasteiger partial charge on any atom is -0.495 e. The first-order chi connectivity index (χ1) is 12.1. The molecule has 0 saturated carbocycles. The summed E-state index contributed by atoms with van der Waals surface area (Å²) in [7, 11) is 1.51. The molecule has 0 fully saturated rings. The van der Waals surface area contributed by atoms with E-state index in [1.807, 2.05) is 30.3 Å². The van der Waals surface area contributed by atoms with E-state index >= 15 is 0 Å². The Hall–Kier alpha value is -2.79. The molecule has 128 valence electrons. The molecule has 0 bridgehead atoms. The molecule has 0 atom stereocenters. The SMILES string of the molecule is COc1ccc(Cl)cc1NC(=O)CCC(=O)n1ccc2ccccc21. The van der Waals surface area contributed by atoms with E-state index in [9.17, 15) is 9.59 Å². The molecule has 6 heteroatoms. The maximum absolute atomic E-state index is 12.4. The number of aromatic nitrogens is 1. The minimum atomic E-state index is -0.273. The standard InChI is InChI=1S/C19H17ClN2O3/c1-25-17-7-6-14(20)12-15(17)21-18(23)8-9-19(24)22-11-10-13-4-2-3-5-16(13)22/h2-7,10-12H,8-9H2,1H3,(H,21,23). The molecule has 3 aromatic rings. The molecule has 0 unspecified atom stereocenters. The van der Waals surface area contributed by atoms with Crippen LogP contribution < -0.4 is 10.1 Å². The molecule has 3 rings (SSSR count). The first-order valence-electron chi connectivity index (χ1n) is 7.81. The third kappa shape index (κ3) is 3.83. The number of para-hydroxylation sites is 1. The maximum Gasteiger partial charge on any atom is 0.231 e. The number of ether oxygens (including phenoxy) is 1. The molecule has 0 saturated heterocycles. The molecule has 1 N–H and O–H groups in total. The lowest BCUT2D eigenvalue weighted by molar-refractivity contribution is -0.116. The molecule has 1 amide bonds. The third-order valence-electron chi connectivity index (χ3n) is 3.87. The van der Waals surface area contributed by atoms with Crippen molar-refractivity contribution in [3.05, 3.63) is 59.8 Å². The number of fused-ring (bicyclic) bond motifs is 1. The number of carbonyl (C=O) groups is 2. The van der Waals surface area contributed by atoms with Crippen LogP contribution in [0.2, 0.25) is 5.02 Å². The van der Waals surface area contributed by atoms with Crippen molar-refractivity contribution in [2.45, 2.75) is 12.8 Å². The van der Waals surface area contributed by atoms with Crippen molar-refractivity contribution in [2.24, 2.45) is 0 Å². The van der Waals surface area contributed by atoms with Crippen molar-refractivity contribution in [3.63, 3.8) is 0 Å². The van der Waals surface area contributed by atoms with E-state index in [1.165, 1.54) is 7.11 Å². The lowest BCUT2D eigenvalue weighted by Gasteiger charge is -2.10. The second-order valence-corrected chi connectivity index (χ2v) is 5.97. The molecule has 0 radical (unpaired) electrons. The largest absolute Gasteiger partial charge is 0.495 e. The highest BCUT2D eigenvalue weighted by Gasteiger charge is 2.13. The highest BCUT2D eigenvalue weighted by Crippen LogP contribution is 2.27. The number of rotatable bonds is 5. The first-order valence-corrected chi connectivity index (χ1v) is 8.19. The van der Waals surface area contributed by atoms with Gasteiger partial charge in [0.05, 0.1) is 18.3 Å². The summed E-state index contributed by atoms with van der Waals surface area (Å²) in [4.78, 5) is 24.5. The Bertz CT molecular complexity index is 933. The summed E-state index contributed by atoms with van der Waals surface area (Å²) in [5.41, 5.74) is 1.32. The van der Waals surface area contributed by atoms with Crippen molar-refractivity contribution in [1.82, 2.24) is 4.57 Å². The molecule has 25 heavy (non-hydrogen) atoms. The predicted molar refractivity (Wildman–Crippen MR) is 98.4 cm³/mol. The second kappa shape index (κ2) is 7.40. The number of nitrogens with zero attached hydrogens (tertiary/aromatic N) is 1. The van der Waals surface area contributed by atoms with Crippen LogP contribution in [0.4, 0.5) is 5.69 Å². The van der Waals surface area contributed by atoms with Gasteiger partial charge in [-0.1, -0.05) is 29.8 Å². The first kappa shape index (κ1) is 17.0. The number of anilines is 1. The molecule has 0 spiro atoms. The van der Waals surface area contributed by atoms with E-state index < -0.39 is 0 Å². The number of hydrogen-bond donors (Lipinski definition) is 1. The summed E-state index contributed by atoms with van der Waals surface area (Å²) in [5.74, 6) is 0.111. The molecule has 0 aliphatic carbocycles. The zero-order valence-corrected chi connectivity index (χ0v) is 14.4. The molecule has 1 heterocycles. The summed E-state index contributed by atoms with van der Waals surface area (Å²) in [6.45, 7) is 0. The van der Waals surface area contributed by atoms with E-state index in [-0.39, 0.29) is 24.7 Å².